The van der Waals surface area contributed by atoms with Gasteiger partial charge >= 0.3 is 0 Å². The Balaban J connectivity index is 0.000000113. The Labute approximate surface area is 147 Å². The van der Waals surface area contributed by atoms with Crippen LogP contribution in [0, 0.1) is 0 Å². The van der Waals surface area contributed by atoms with Crippen molar-refractivity contribution in [3.8, 4) is 11.1 Å². The van der Waals surface area contributed by atoms with Crippen molar-refractivity contribution in [2.24, 2.45) is 0 Å². The first kappa shape index (κ1) is 14.4. The van der Waals surface area contributed by atoms with Gasteiger partial charge in [-0.05, 0) is 33.4 Å². The van der Waals surface area contributed by atoms with E-state index in [1.807, 2.05) is 12.1 Å². The summed E-state index contributed by atoms with van der Waals surface area (Å²) in [4.78, 5) is 0. The first-order chi connectivity index (χ1) is 12.4. The minimum absolute atomic E-state index is 0.382. The van der Waals surface area contributed by atoms with Crippen LogP contribution in [0.25, 0.3) is 22.3 Å². The zero-order chi connectivity index (χ0) is 16.6. The van der Waals surface area contributed by atoms with Crippen LogP contribution in [0.4, 0.5) is 0 Å². The van der Waals surface area contributed by atoms with Crippen LogP contribution >= 0.6 is 0 Å². The second kappa shape index (κ2) is 5.87. The van der Waals surface area contributed by atoms with E-state index in [1.165, 1.54) is 33.4 Å². The van der Waals surface area contributed by atoms with Gasteiger partial charge in [-0.1, -0.05) is 97.1 Å². The maximum absolute atomic E-state index is 5.52. The highest BCUT2D eigenvalue weighted by Gasteiger charge is 2.47. The van der Waals surface area contributed by atoms with Crippen molar-refractivity contribution in [2.75, 3.05) is 0 Å². The van der Waals surface area contributed by atoms with Gasteiger partial charge in [0.25, 0.3) is 0 Å². The smallest absolute Gasteiger partial charge is 0.114 e. The van der Waals surface area contributed by atoms with Crippen molar-refractivity contribution in [1.82, 2.24) is 0 Å². The van der Waals surface area contributed by atoms with Crippen LogP contribution in [0.5, 0.6) is 0 Å². The maximum atomic E-state index is 5.52. The molecule has 1 fully saturated rings. The van der Waals surface area contributed by atoms with Crippen LogP contribution < -0.4 is 0 Å². The minimum atomic E-state index is 0.382. The summed E-state index contributed by atoms with van der Waals surface area (Å²) < 4.78 is 5.52. The summed E-state index contributed by atoms with van der Waals surface area (Å²) in [6.45, 7) is 0. The number of rotatable bonds is 1. The van der Waals surface area contributed by atoms with E-state index < -0.39 is 0 Å². The molecule has 6 rings (SSSR count). The van der Waals surface area contributed by atoms with Crippen molar-refractivity contribution in [2.45, 2.75) is 12.2 Å². The Morgan fingerprint density at radius 3 is 1.80 bits per heavy atom. The second-order valence-electron chi connectivity index (χ2n) is 6.49. The van der Waals surface area contributed by atoms with Gasteiger partial charge in [0.05, 0.1) is 0 Å². The molecule has 0 radical (unpaired) electrons. The lowest BCUT2D eigenvalue weighted by atomic mass is 9.76. The molecule has 0 aromatic heterocycles. The second-order valence-corrected chi connectivity index (χ2v) is 6.49. The van der Waals surface area contributed by atoms with E-state index in [-0.39, 0.29) is 0 Å². The highest BCUT2D eigenvalue weighted by atomic mass is 16.6. The Morgan fingerprint density at radius 1 is 0.600 bits per heavy atom. The summed E-state index contributed by atoms with van der Waals surface area (Å²) in [5.74, 6) is 0. The molecule has 2 aliphatic carbocycles. The molecule has 0 saturated carbocycles. The number of allylic oxidation sites excluding steroid dienone is 2. The summed E-state index contributed by atoms with van der Waals surface area (Å²) in [6.07, 6.45) is 5.13. The number of ether oxygens (including phenoxy) is 1. The molecular weight excluding hydrogens is 304 g/mol. The van der Waals surface area contributed by atoms with Gasteiger partial charge in [0, 0.05) is 0 Å². The predicted molar refractivity (Wildman–Crippen MR) is 103 cm³/mol. The van der Waals surface area contributed by atoms with Crippen LogP contribution in [-0.4, -0.2) is 12.2 Å². The third-order valence-electron chi connectivity index (χ3n) is 4.94. The molecule has 1 aliphatic heterocycles. The van der Waals surface area contributed by atoms with E-state index in [0.29, 0.717) is 12.2 Å². The van der Waals surface area contributed by atoms with E-state index in [4.69, 9.17) is 4.74 Å². The fourth-order valence-electron chi connectivity index (χ4n) is 3.62. The average Bonchev–Trinajstić information content (AvgIpc) is 3.45. The predicted octanol–water partition coefficient (Wildman–Crippen LogP) is 5.60. The number of hydrogen-bond donors (Lipinski definition) is 0. The van der Waals surface area contributed by atoms with Gasteiger partial charge in [0.1, 0.15) is 12.2 Å². The zero-order valence-electron chi connectivity index (χ0n) is 13.8. The van der Waals surface area contributed by atoms with Crippen LogP contribution in [0.15, 0.2) is 97.1 Å². The molecule has 25 heavy (non-hydrogen) atoms. The van der Waals surface area contributed by atoms with E-state index in [9.17, 15) is 0 Å². The van der Waals surface area contributed by atoms with Gasteiger partial charge in [-0.15, -0.1) is 0 Å². The van der Waals surface area contributed by atoms with Crippen LogP contribution in [0.3, 0.4) is 0 Å². The van der Waals surface area contributed by atoms with Gasteiger partial charge in [-0.3, -0.25) is 0 Å². The lowest BCUT2D eigenvalue weighted by molar-refractivity contribution is 0.418. The molecule has 0 spiro atoms. The first-order valence-electron chi connectivity index (χ1n) is 8.70. The Hall–Kier alpha value is -2.90. The van der Waals surface area contributed by atoms with Gasteiger partial charge in [0.2, 0.25) is 0 Å². The molecule has 3 aromatic carbocycles. The number of hydrogen-bond acceptors (Lipinski definition) is 1. The molecule has 1 nitrogen and oxygen atoms in total. The van der Waals surface area contributed by atoms with Gasteiger partial charge < -0.3 is 4.74 Å². The van der Waals surface area contributed by atoms with E-state index in [0.717, 1.165) is 0 Å². The lowest BCUT2D eigenvalue weighted by Gasteiger charge is -2.26. The summed E-state index contributed by atoms with van der Waals surface area (Å²) >= 11 is 0. The zero-order valence-corrected chi connectivity index (χ0v) is 13.8. The Kier molecular flexibility index (Phi) is 3.39. The van der Waals surface area contributed by atoms with Crippen molar-refractivity contribution in [3.05, 3.63) is 108 Å². The summed E-state index contributed by atoms with van der Waals surface area (Å²) in [5, 5.41) is 0. The fourth-order valence-corrected chi connectivity index (χ4v) is 3.62. The summed E-state index contributed by atoms with van der Waals surface area (Å²) in [5.41, 5.74) is 8.17. The molecule has 1 heteroatoms. The number of fused-ring (bicyclic) bond motifs is 5. The van der Waals surface area contributed by atoms with Crippen LogP contribution in [0.2, 0.25) is 0 Å². The van der Waals surface area contributed by atoms with Gasteiger partial charge in [-0.25, -0.2) is 0 Å². The fraction of sp³-hybridized carbons (Fsp3) is 0.0833. The van der Waals surface area contributed by atoms with E-state index in [2.05, 4.69) is 84.9 Å². The maximum Gasteiger partial charge on any atom is 0.114 e. The molecule has 1 heterocycles. The highest BCUT2D eigenvalue weighted by Crippen LogP contribution is 2.52. The minimum Gasteiger partial charge on any atom is -0.360 e. The monoisotopic (exact) mass is 322 g/mol. The largest absolute Gasteiger partial charge is 0.360 e. The Bertz CT molecular complexity index is 930. The van der Waals surface area contributed by atoms with E-state index in [1.54, 1.807) is 0 Å². The molecule has 0 bridgehead atoms. The molecule has 1 saturated heterocycles. The normalized spacial score (nSPS) is 21.1. The third-order valence-corrected chi connectivity index (χ3v) is 4.94. The Morgan fingerprint density at radius 2 is 1.16 bits per heavy atom. The van der Waals surface area contributed by atoms with E-state index >= 15 is 0 Å². The molecule has 0 amide bonds. The van der Waals surface area contributed by atoms with Gasteiger partial charge in [-0.2, -0.15) is 0 Å². The molecular formula is C24H18O. The summed E-state index contributed by atoms with van der Waals surface area (Å²) in [6, 6.07) is 29.3. The molecule has 3 aliphatic rings. The molecule has 0 N–H and O–H groups in total. The standard InChI is InChI=1S/C12H8O.C12H10/c1-2-4-8-7(3-1)9-5-6-10-12(13-10)11(8)9;1-3-7-11(8-4-1)12-9-5-2-6-10-12/h1-6,10,12H;1-10H. The number of benzene rings is 3. The van der Waals surface area contributed by atoms with Gasteiger partial charge in [0.15, 0.2) is 0 Å². The SMILES string of the molecule is C1=CC2OC2C2=C1c1ccccc12.c1ccc(-c2ccccc2)cc1. The lowest BCUT2D eigenvalue weighted by Crippen LogP contribution is -2.13. The van der Waals surface area contributed by atoms with Crippen molar-refractivity contribution < 1.29 is 4.74 Å². The average molecular weight is 322 g/mol. The van der Waals surface area contributed by atoms with Crippen molar-refractivity contribution in [3.63, 3.8) is 0 Å². The van der Waals surface area contributed by atoms with Crippen molar-refractivity contribution >= 4 is 11.1 Å². The molecule has 2 unspecified atom stereocenters. The molecule has 2 atom stereocenters. The molecule has 120 valence electrons. The van der Waals surface area contributed by atoms with Crippen LogP contribution in [0.1, 0.15) is 11.1 Å². The highest BCUT2D eigenvalue weighted by molar-refractivity contribution is 6.10. The summed E-state index contributed by atoms with van der Waals surface area (Å²) in [7, 11) is 0. The molecule has 3 aromatic rings. The first-order valence-corrected chi connectivity index (χ1v) is 8.70. The quantitative estimate of drug-likeness (QED) is 0.531. The third kappa shape index (κ3) is 2.54. The van der Waals surface area contributed by atoms with Crippen LogP contribution in [-0.2, 0) is 4.74 Å². The number of epoxide rings is 1. The topological polar surface area (TPSA) is 12.5 Å². The van der Waals surface area contributed by atoms with Crippen molar-refractivity contribution in [1.29, 1.82) is 0 Å².